The molecule has 21 heavy (non-hydrogen) atoms. The van der Waals surface area contributed by atoms with Crippen LogP contribution in [-0.2, 0) is 9.53 Å². The fraction of sp³-hybridized carbons (Fsp3) is 0.438. The maximum Gasteiger partial charge on any atom is 0.230 e. The number of benzene rings is 1. The Balaban J connectivity index is 2.16. The molecule has 5 heteroatoms. The van der Waals surface area contributed by atoms with Crippen molar-refractivity contribution in [2.45, 2.75) is 25.9 Å². The molecule has 0 saturated carbocycles. The number of hydrogen-bond acceptors (Lipinski definition) is 3. The molecule has 1 aromatic rings. The van der Waals surface area contributed by atoms with Crippen LogP contribution in [0.1, 0.15) is 25.3 Å². The third-order valence-corrected chi connectivity index (χ3v) is 3.65. The number of aliphatic hydroxyl groups is 1. The van der Waals surface area contributed by atoms with Gasteiger partial charge < -0.3 is 15.2 Å². The minimum absolute atomic E-state index is 0.0131. The number of rotatable bonds is 3. The molecule has 1 saturated heterocycles. The lowest BCUT2D eigenvalue weighted by Crippen LogP contribution is -2.28. The van der Waals surface area contributed by atoms with E-state index in [-0.39, 0.29) is 24.5 Å². The van der Waals surface area contributed by atoms with Crippen molar-refractivity contribution in [2.24, 2.45) is 5.92 Å². The molecule has 2 unspecified atom stereocenters. The number of carbonyl (C=O) groups is 1. The van der Waals surface area contributed by atoms with Crippen LogP contribution in [0.4, 0.5) is 5.69 Å². The molecule has 1 aliphatic rings. The highest BCUT2D eigenvalue weighted by Gasteiger charge is 2.30. The zero-order valence-corrected chi connectivity index (χ0v) is 12.6. The van der Waals surface area contributed by atoms with Gasteiger partial charge in [0.2, 0.25) is 5.91 Å². The Morgan fingerprint density at radius 2 is 2.38 bits per heavy atom. The fourth-order valence-electron chi connectivity index (χ4n) is 2.24. The topological polar surface area (TPSA) is 58.6 Å². The van der Waals surface area contributed by atoms with Crippen LogP contribution in [-0.4, -0.2) is 30.3 Å². The number of carbonyl (C=O) groups excluding carboxylic acids is 1. The second-order valence-electron chi connectivity index (χ2n) is 4.93. The van der Waals surface area contributed by atoms with Gasteiger partial charge in [-0.3, -0.25) is 4.79 Å². The summed E-state index contributed by atoms with van der Waals surface area (Å²) in [5.41, 5.74) is 1.28. The number of anilines is 1. The molecule has 2 atom stereocenters. The Kier molecular flexibility index (Phi) is 5.63. The van der Waals surface area contributed by atoms with E-state index in [2.05, 4.69) is 17.2 Å². The van der Waals surface area contributed by atoms with E-state index < -0.39 is 0 Å². The quantitative estimate of drug-likeness (QED) is 0.843. The van der Waals surface area contributed by atoms with Crippen molar-refractivity contribution in [3.63, 3.8) is 0 Å². The summed E-state index contributed by atoms with van der Waals surface area (Å²) in [5.74, 6) is 5.55. The number of amides is 1. The largest absolute Gasteiger partial charge is 0.395 e. The van der Waals surface area contributed by atoms with Crippen molar-refractivity contribution in [3.8, 4) is 11.8 Å². The van der Waals surface area contributed by atoms with Gasteiger partial charge in [-0.25, -0.2) is 0 Å². The second kappa shape index (κ2) is 7.46. The summed E-state index contributed by atoms with van der Waals surface area (Å²) in [4.78, 5) is 12.3. The van der Waals surface area contributed by atoms with E-state index in [4.69, 9.17) is 21.4 Å². The van der Waals surface area contributed by atoms with E-state index in [1.807, 2.05) is 6.92 Å². The first-order chi connectivity index (χ1) is 10.1. The first-order valence-corrected chi connectivity index (χ1v) is 7.31. The molecular weight excluding hydrogens is 290 g/mol. The molecule has 1 amide bonds. The summed E-state index contributed by atoms with van der Waals surface area (Å²) in [7, 11) is 0. The third-order valence-electron chi connectivity index (χ3n) is 3.41. The molecule has 1 heterocycles. The second-order valence-corrected chi connectivity index (χ2v) is 5.36. The number of aliphatic hydroxyl groups excluding tert-OH is 1. The monoisotopic (exact) mass is 307 g/mol. The number of ether oxygens (including phenoxy) is 1. The molecule has 4 nitrogen and oxygen atoms in total. The van der Waals surface area contributed by atoms with Gasteiger partial charge in [0.1, 0.15) is 0 Å². The van der Waals surface area contributed by atoms with Crippen LogP contribution >= 0.6 is 11.6 Å². The Bertz CT molecular complexity index is 577. The summed E-state index contributed by atoms with van der Waals surface area (Å²) in [6.07, 6.45) is 1.04. The summed E-state index contributed by atoms with van der Waals surface area (Å²) < 4.78 is 5.42. The fourth-order valence-corrected chi connectivity index (χ4v) is 2.42. The minimum atomic E-state index is -0.151. The molecule has 2 rings (SSSR count). The zero-order valence-electron chi connectivity index (χ0n) is 11.9. The molecule has 0 aromatic heterocycles. The van der Waals surface area contributed by atoms with Crippen molar-refractivity contribution >= 4 is 23.2 Å². The zero-order chi connectivity index (χ0) is 15.2. The Morgan fingerprint density at radius 3 is 3.05 bits per heavy atom. The summed E-state index contributed by atoms with van der Waals surface area (Å²) in [6.45, 7) is 2.52. The van der Waals surface area contributed by atoms with E-state index in [1.165, 1.54) is 0 Å². The number of nitrogens with one attached hydrogen (secondary N) is 1. The van der Waals surface area contributed by atoms with Crippen LogP contribution in [0.3, 0.4) is 0 Å². The average Bonchev–Trinajstić information content (AvgIpc) is 2.88. The third kappa shape index (κ3) is 4.21. The highest BCUT2D eigenvalue weighted by Crippen LogP contribution is 2.25. The highest BCUT2D eigenvalue weighted by molar-refractivity contribution is 6.31. The average molecular weight is 308 g/mol. The van der Waals surface area contributed by atoms with Gasteiger partial charge in [-0.1, -0.05) is 23.4 Å². The molecule has 1 aliphatic heterocycles. The highest BCUT2D eigenvalue weighted by atomic mass is 35.5. The van der Waals surface area contributed by atoms with Crippen molar-refractivity contribution in [3.05, 3.63) is 28.8 Å². The molecule has 0 radical (unpaired) electrons. The first-order valence-electron chi connectivity index (χ1n) is 6.93. The lowest BCUT2D eigenvalue weighted by Gasteiger charge is -2.15. The van der Waals surface area contributed by atoms with Gasteiger partial charge in [0.15, 0.2) is 0 Å². The van der Waals surface area contributed by atoms with Gasteiger partial charge >= 0.3 is 0 Å². The van der Waals surface area contributed by atoms with Gasteiger partial charge in [-0.2, -0.15) is 0 Å². The van der Waals surface area contributed by atoms with Crippen LogP contribution in [0, 0.1) is 17.8 Å². The van der Waals surface area contributed by atoms with E-state index in [0.29, 0.717) is 29.3 Å². The van der Waals surface area contributed by atoms with Crippen LogP contribution in [0.25, 0.3) is 0 Å². The van der Waals surface area contributed by atoms with Crippen LogP contribution in [0.15, 0.2) is 18.2 Å². The molecule has 0 bridgehead atoms. The summed E-state index contributed by atoms with van der Waals surface area (Å²) in [5, 5.41) is 12.2. The normalized spacial score (nSPS) is 20.7. The Hall–Kier alpha value is -1.54. The van der Waals surface area contributed by atoms with Gasteiger partial charge in [0.05, 0.1) is 24.3 Å². The molecule has 112 valence electrons. The summed E-state index contributed by atoms with van der Waals surface area (Å²) in [6, 6.07) is 5.17. The Labute approximate surface area is 129 Å². The van der Waals surface area contributed by atoms with E-state index in [0.717, 1.165) is 6.42 Å². The molecular formula is C16H18ClNO3. The standard InChI is InChI=1S/C16H18ClNO3/c1-11-14(7-9-21-11)16(20)18-15-10-13(17)6-5-12(15)4-2-3-8-19/h5-6,10-11,14,19H,3,7-9H2,1H3,(H,18,20). The number of halogens is 1. The van der Waals surface area contributed by atoms with Gasteiger partial charge in [0, 0.05) is 23.6 Å². The molecule has 1 fully saturated rings. The van der Waals surface area contributed by atoms with Crippen molar-refractivity contribution in [2.75, 3.05) is 18.5 Å². The minimum Gasteiger partial charge on any atom is -0.395 e. The predicted octanol–water partition coefficient (Wildman–Crippen LogP) is 2.44. The van der Waals surface area contributed by atoms with Crippen molar-refractivity contribution < 1.29 is 14.6 Å². The van der Waals surface area contributed by atoms with Gasteiger partial charge in [-0.15, -0.1) is 0 Å². The summed E-state index contributed by atoms with van der Waals surface area (Å²) >= 11 is 5.99. The first kappa shape index (κ1) is 15.8. The maximum atomic E-state index is 12.3. The maximum absolute atomic E-state index is 12.3. The van der Waals surface area contributed by atoms with E-state index in [9.17, 15) is 4.79 Å². The molecule has 0 spiro atoms. The smallest absolute Gasteiger partial charge is 0.230 e. The van der Waals surface area contributed by atoms with E-state index in [1.54, 1.807) is 18.2 Å². The van der Waals surface area contributed by atoms with Gasteiger partial charge in [0.25, 0.3) is 0 Å². The van der Waals surface area contributed by atoms with Crippen molar-refractivity contribution in [1.29, 1.82) is 0 Å². The molecule has 2 N–H and O–H groups in total. The molecule has 0 aliphatic carbocycles. The number of hydrogen-bond donors (Lipinski definition) is 2. The SMILES string of the molecule is CC1OCCC1C(=O)Nc1cc(Cl)ccc1C#CCCO. The molecule has 1 aromatic carbocycles. The predicted molar refractivity (Wildman–Crippen MR) is 82.2 cm³/mol. The van der Waals surface area contributed by atoms with Crippen LogP contribution in [0.5, 0.6) is 0 Å². The van der Waals surface area contributed by atoms with Crippen LogP contribution < -0.4 is 5.32 Å². The van der Waals surface area contributed by atoms with Crippen molar-refractivity contribution in [1.82, 2.24) is 0 Å². The lowest BCUT2D eigenvalue weighted by atomic mass is 10.0. The van der Waals surface area contributed by atoms with E-state index >= 15 is 0 Å². The van der Waals surface area contributed by atoms with Gasteiger partial charge in [-0.05, 0) is 31.5 Å². The Morgan fingerprint density at radius 1 is 1.57 bits per heavy atom. The van der Waals surface area contributed by atoms with Crippen LogP contribution in [0.2, 0.25) is 5.02 Å². The lowest BCUT2D eigenvalue weighted by molar-refractivity contribution is -0.121.